The summed E-state index contributed by atoms with van der Waals surface area (Å²) in [6, 6.07) is 19.2. The Bertz CT molecular complexity index is 1290. The van der Waals surface area contributed by atoms with Gasteiger partial charge in [0.2, 0.25) is 0 Å². The van der Waals surface area contributed by atoms with Crippen LogP contribution in [-0.2, 0) is 23.9 Å². The molecule has 3 aromatic carbocycles. The number of rotatable bonds is 8. The minimum atomic E-state index is -3.83. The average Bonchev–Trinajstić information content (AvgIpc) is 2.68. The van der Waals surface area contributed by atoms with Crippen molar-refractivity contribution in [3.8, 4) is 0 Å². The second kappa shape index (κ2) is 10.0. The van der Waals surface area contributed by atoms with E-state index in [4.69, 9.17) is 11.6 Å². The van der Waals surface area contributed by atoms with Gasteiger partial charge < -0.3 is 0 Å². The zero-order chi connectivity index (χ0) is 22.6. The topological polar surface area (TPSA) is 80.3 Å². The van der Waals surface area contributed by atoms with Crippen LogP contribution in [0, 0.1) is 6.92 Å². The van der Waals surface area contributed by atoms with Gasteiger partial charge in [-0.2, -0.15) is 0 Å². The van der Waals surface area contributed by atoms with Gasteiger partial charge in [-0.3, -0.25) is 0 Å². The van der Waals surface area contributed by atoms with Crippen molar-refractivity contribution in [3.63, 3.8) is 0 Å². The average molecular weight is 558 g/mol. The first kappa shape index (κ1) is 24.2. The van der Waals surface area contributed by atoms with E-state index in [1.54, 1.807) is 30.3 Å². The predicted octanol–water partition coefficient (Wildman–Crippen LogP) is 3.76. The van der Waals surface area contributed by atoms with Gasteiger partial charge >= 0.3 is 199 Å². The Morgan fingerprint density at radius 1 is 0.968 bits per heavy atom. The number of aryl methyl sites for hydroxylation is 1. The van der Waals surface area contributed by atoms with Crippen LogP contribution in [0.1, 0.15) is 11.1 Å². The Hall–Kier alpha value is -1.44. The molecular weight excluding hydrogens is 537 g/mol. The molecule has 1 atom stereocenters. The van der Waals surface area contributed by atoms with Gasteiger partial charge in [-0.1, -0.05) is 0 Å². The molecule has 0 aliphatic carbocycles. The number of hydrogen-bond donors (Lipinski definition) is 1. The van der Waals surface area contributed by atoms with Crippen LogP contribution >= 0.6 is 23.4 Å². The summed E-state index contributed by atoms with van der Waals surface area (Å²) in [6.07, 6.45) is 1.18. The maximum atomic E-state index is 12.8. The SMILES string of the molecule is Cc1ccc(S(=O)(=O)Nc2ccc(SCc3ccccc3Cl)cc2[AsH]S(C)(=O)=O)cc1. The van der Waals surface area contributed by atoms with Crippen LogP contribution in [0.3, 0.4) is 0 Å². The minimum absolute atomic E-state index is 0.126. The third kappa shape index (κ3) is 7.02. The molecule has 5 nitrogen and oxygen atoms in total. The summed E-state index contributed by atoms with van der Waals surface area (Å²) >= 11 is 6.12. The molecule has 10 heteroatoms. The molecule has 1 unspecified atom stereocenters. The number of hydrogen-bond acceptors (Lipinski definition) is 5. The van der Waals surface area contributed by atoms with E-state index in [0.29, 0.717) is 20.8 Å². The van der Waals surface area contributed by atoms with Crippen LogP contribution in [0.2, 0.25) is 5.02 Å². The third-order valence-electron chi connectivity index (χ3n) is 4.21. The zero-order valence-corrected chi connectivity index (χ0v) is 22.1. The van der Waals surface area contributed by atoms with Gasteiger partial charge in [-0.25, -0.2) is 0 Å². The molecule has 0 saturated carbocycles. The van der Waals surface area contributed by atoms with Crippen molar-refractivity contribution in [1.29, 1.82) is 0 Å². The Balaban J connectivity index is 1.89. The van der Waals surface area contributed by atoms with Crippen molar-refractivity contribution in [2.24, 2.45) is 0 Å². The summed E-state index contributed by atoms with van der Waals surface area (Å²) in [7, 11) is -7.09. The summed E-state index contributed by atoms with van der Waals surface area (Å²) in [5, 5.41) is 0.669. The van der Waals surface area contributed by atoms with Crippen LogP contribution in [0.15, 0.2) is 76.5 Å². The standard InChI is InChI=1S/C21H21AsClNO4S3/c1-15-7-10-18(11-8-15)31(27,28)24-21-12-9-17(13-19(21)22-30(2,25)26)29-14-16-5-3-4-6-20(16)23/h3-13,22,24H,14H2,1-2H3. The second-order valence-electron chi connectivity index (χ2n) is 6.88. The molecule has 31 heavy (non-hydrogen) atoms. The Kier molecular flexibility index (Phi) is 7.81. The number of sulfonamides is 1. The quantitative estimate of drug-likeness (QED) is 0.337. The third-order valence-corrected chi connectivity index (χ3v) is 12.2. The van der Waals surface area contributed by atoms with Crippen LogP contribution in [0.5, 0.6) is 0 Å². The van der Waals surface area contributed by atoms with E-state index >= 15 is 0 Å². The molecule has 0 aliphatic heterocycles. The van der Waals surface area contributed by atoms with Crippen LogP contribution < -0.4 is 9.07 Å². The normalized spacial score (nSPS) is 12.4. The van der Waals surface area contributed by atoms with Gasteiger partial charge in [0.25, 0.3) is 0 Å². The van der Waals surface area contributed by atoms with Gasteiger partial charge in [0, 0.05) is 0 Å². The van der Waals surface area contributed by atoms with Gasteiger partial charge in [0.1, 0.15) is 0 Å². The van der Waals surface area contributed by atoms with E-state index in [2.05, 4.69) is 4.72 Å². The molecule has 3 aromatic rings. The Labute approximate surface area is 198 Å². The fourth-order valence-corrected chi connectivity index (χ4v) is 10.2. The van der Waals surface area contributed by atoms with Crippen molar-refractivity contribution in [2.45, 2.75) is 22.5 Å². The Morgan fingerprint density at radius 2 is 1.65 bits per heavy atom. The summed E-state index contributed by atoms with van der Waals surface area (Å²) in [5.74, 6) is 0.617. The Morgan fingerprint density at radius 3 is 2.29 bits per heavy atom. The number of thioether (sulfide) groups is 1. The molecule has 0 amide bonds. The molecule has 3 rings (SSSR count). The van der Waals surface area contributed by atoms with E-state index in [1.807, 2.05) is 31.2 Å². The molecule has 0 aliphatic rings. The first-order valence-electron chi connectivity index (χ1n) is 9.11. The van der Waals surface area contributed by atoms with Crippen LogP contribution in [-0.4, -0.2) is 37.7 Å². The molecule has 0 fully saturated rings. The molecule has 0 spiro atoms. The number of benzene rings is 3. The van der Waals surface area contributed by atoms with Gasteiger partial charge in [0.05, 0.1) is 0 Å². The molecular formula is C21H21AsClNO4S3. The summed E-state index contributed by atoms with van der Waals surface area (Å²) in [6.45, 7) is 1.87. The molecule has 164 valence electrons. The fourth-order valence-electron chi connectivity index (χ4n) is 2.68. The maximum absolute atomic E-state index is 12.8. The van der Waals surface area contributed by atoms with Gasteiger partial charge in [-0.15, -0.1) is 0 Å². The molecule has 0 radical (unpaired) electrons. The van der Waals surface area contributed by atoms with E-state index in [9.17, 15) is 16.8 Å². The van der Waals surface area contributed by atoms with Gasteiger partial charge in [-0.05, 0) is 0 Å². The molecule has 1 N–H and O–H groups in total. The second-order valence-corrected chi connectivity index (χ2v) is 18.8. The van der Waals surface area contributed by atoms with E-state index in [-0.39, 0.29) is 4.90 Å². The summed E-state index contributed by atoms with van der Waals surface area (Å²) < 4.78 is 52.7. The molecule has 0 aromatic heterocycles. The molecule has 0 heterocycles. The van der Waals surface area contributed by atoms with E-state index in [0.717, 1.165) is 16.0 Å². The van der Waals surface area contributed by atoms with E-state index in [1.165, 1.54) is 30.2 Å². The van der Waals surface area contributed by atoms with Crippen molar-refractivity contribution in [2.75, 3.05) is 11.0 Å². The zero-order valence-electron chi connectivity index (χ0n) is 16.8. The van der Waals surface area contributed by atoms with Gasteiger partial charge in [0.15, 0.2) is 0 Å². The van der Waals surface area contributed by atoms with Crippen molar-refractivity contribution in [1.82, 2.24) is 0 Å². The van der Waals surface area contributed by atoms with E-state index < -0.39 is 32.7 Å². The molecule has 0 bridgehead atoms. The number of anilines is 1. The summed E-state index contributed by atoms with van der Waals surface area (Å²) in [4.78, 5) is 0.973. The van der Waals surface area contributed by atoms with Crippen molar-refractivity contribution in [3.05, 3.63) is 82.9 Å². The first-order valence-corrected chi connectivity index (χ1v) is 17.5. The van der Waals surface area contributed by atoms with Crippen molar-refractivity contribution >= 4 is 66.1 Å². The van der Waals surface area contributed by atoms with Crippen LogP contribution in [0.25, 0.3) is 0 Å². The fraction of sp³-hybridized carbons (Fsp3) is 0.143. The summed E-state index contributed by atoms with van der Waals surface area (Å²) in [5.41, 5.74) is 2.22. The van der Waals surface area contributed by atoms with Crippen molar-refractivity contribution < 1.29 is 16.8 Å². The number of halogens is 1. The van der Waals surface area contributed by atoms with Crippen LogP contribution in [0.4, 0.5) is 5.69 Å². The number of nitrogens with one attached hydrogen (secondary N) is 1. The predicted molar refractivity (Wildman–Crippen MR) is 131 cm³/mol. The first-order chi connectivity index (χ1) is 14.5. The molecule has 0 saturated heterocycles. The monoisotopic (exact) mass is 557 g/mol.